The number of aliphatic hydroxyl groups excluding tert-OH is 1. The number of nitrogens with one attached hydrogen (secondary N) is 2. The fourth-order valence-electron chi connectivity index (χ4n) is 2.60. The van der Waals surface area contributed by atoms with E-state index in [0.717, 1.165) is 11.8 Å². The van der Waals surface area contributed by atoms with Gasteiger partial charge in [0.25, 0.3) is 6.43 Å². The molecule has 0 bridgehead atoms. The number of hydrogen-bond donors (Lipinski definition) is 3. The number of hydrogen-bond acceptors (Lipinski definition) is 6. The number of aromatic nitrogens is 4. The van der Waals surface area contributed by atoms with E-state index in [1.165, 1.54) is 0 Å². The lowest BCUT2D eigenvalue weighted by Crippen LogP contribution is -2.36. The molecule has 0 fully saturated rings. The van der Waals surface area contributed by atoms with Gasteiger partial charge in [-0.25, -0.2) is 13.8 Å². The van der Waals surface area contributed by atoms with E-state index in [1.807, 2.05) is 18.2 Å². The van der Waals surface area contributed by atoms with Crippen LogP contribution in [0.15, 0.2) is 48.9 Å². The third-order valence-electron chi connectivity index (χ3n) is 4.13. The van der Waals surface area contributed by atoms with Crippen LogP contribution < -0.4 is 10.6 Å². The van der Waals surface area contributed by atoms with E-state index in [-0.39, 0.29) is 23.9 Å². The number of anilines is 3. The van der Waals surface area contributed by atoms with Crippen molar-refractivity contribution in [2.24, 2.45) is 7.05 Å². The summed E-state index contributed by atoms with van der Waals surface area (Å²) < 4.78 is 28.5. The number of rotatable bonds is 7. The van der Waals surface area contributed by atoms with Crippen LogP contribution in [0, 0.1) is 0 Å². The zero-order chi connectivity index (χ0) is 19.4. The fraction of sp³-hybridized carbons (Fsp3) is 0.278. The molecule has 0 aliphatic carbocycles. The van der Waals surface area contributed by atoms with Crippen molar-refractivity contribution in [3.63, 3.8) is 0 Å². The predicted octanol–water partition coefficient (Wildman–Crippen LogP) is 3.21. The molecule has 1 aromatic carbocycles. The summed E-state index contributed by atoms with van der Waals surface area (Å²) in [6.45, 7) is 1.41. The summed E-state index contributed by atoms with van der Waals surface area (Å²) in [7, 11) is 1.76. The van der Waals surface area contributed by atoms with Gasteiger partial charge in [0.05, 0.1) is 29.6 Å². The number of aliphatic hydroxyl groups is 1. The third-order valence-corrected chi connectivity index (χ3v) is 4.13. The van der Waals surface area contributed by atoms with Crippen LogP contribution >= 0.6 is 0 Å². The van der Waals surface area contributed by atoms with Crippen LogP contribution in [-0.4, -0.2) is 31.5 Å². The number of nitrogens with zero attached hydrogens (tertiary/aromatic N) is 4. The zero-order valence-electron chi connectivity index (χ0n) is 14.9. The Bertz CT molecular complexity index is 902. The van der Waals surface area contributed by atoms with Gasteiger partial charge in [-0.2, -0.15) is 10.1 Å². The summed E-state index contributed by atoms with van der Waals surface area (Å²) in [5.74, 6) is 0.0926. The van der Waals surface area contributed by atoms with Crippen molar-refractivity contribution < 1.29 is 13.9 Å². The SMILES string of the molecule is Cn1cc(Nc2ncc(C(F)F)c(NC(C)(CO)c3ccccc3)n2)cn1. The highest BCUT2D eigenvalue weighted by Crippen LogP contribution is 2.31. The smallest absolute Gasteiger partial charge is 0.268 e. The normalized spacial score (nSPS) is 13.4. The molecule has 7 nitrogen and oxygen atoms in total. The maximum atomic E-state index is 13.5. The van der Waals surface area contributed by atoms with E-state index in [0.29, 0.717) is 5.69 Å². The lowest BCUT2D eigenvalue weighted by Gasteiger charge is -2.30. The van der Waals surface area contributed by atoms with Crippen molar-refractivity contribution in [2.75, 3.05) is 17.2 Å². The predicted molar refractivity (Wildman–Crippen MR) is 98.0 cm³/mol. The second-order valence-corrected chi connectivity index (χ2v) is 6.31. The summed E-state index contributed by atoms with van der Waals surface area (Å²) in [6, 6.07) is 9.08. The topological polar surface area (TPSA) is 87.9 Å². The Morgan fingerprint density at radius 2 is 1.96 bits per heavy atom. The van der Waals surface area contributed by atoms with Gasteiger partial charge in [0.2, 0.25) is 5.95 Å². The third kappa shape index (κ3) is 4.20. The van der Waals surface area contributed by atoms with Gasteiger partial charge < -0.3 is 15.7 Å². The Morgan fingerprint density at radius 3 is 2.56 bits per heavy atom. The molecular weight excluding hydrogens is 354 g/mol. The van der Waals surface area contributed by atoms with E-state index in [9.17, 15) is 13.9 Å². The minimum absolute atomic E-state index is 0.0493. The molecule has 2 aromatic heterocycles. The second kappa shape index (κ2) is 7.67. The van der Waals surface area contributed by atoms with Crippen LogP contribution in [0.1, 0.15) is 24.5 Å². The molecule has 3 N–H and O–H groups in total. The summed E-state index contributed by atoms with van der Waals surface area (Å²) >= 11 is 0. The van der Waals surface area contributed by atoms with E-state index < -0.39 is 12.0 Å². The van der Waals surface area contributed by atoms with Crippen LogP contribution in [0.4, 0.5) is 26.2 Å². The number of benzene rings is 1. The van der Waals surface area contributed by atoms with Crippen LogP contribution in [0.25, 0.3) is 0 Å². The lowest BCUT2D eigenvalue weighted by molar-refractivity contribution is 0.150. The number of alkyl halides is 2. The van der Waals surface area contributed by atoms with Crippen LogP contribution in [0.5, 0.6) is 0 Å². The Morgan fingerprint density at radius 1 is 1.22 bits per heavy atom. The molecule has 1 unspecified atom stereocenters. The van der Waals surface area contributed by atoms with Gasteiger partial charge in [0.1, 0.15) is 5.82 Å². The summed E-state index contributed by atoms with van der Waals surface area (Å²) in [5.41, 5.74) is 0.0295. The van der Waals surface area contributed by atoms with Gasteiger partial charge in [-0.05, 0) is 12.5 Å². The molecule has 0 saturated carbocycles. The highest BCUT2D eigenvalue weighted by molar-refractivity contribution is 5.56. The molecule has 0 radical (unpaired) electrons. The monoisotopic (exact) mass is 374 g/mol. The average Bonchev–Trinajstić information content (AvgIpc) is 3.07. The first-order valence-electron chi connectivity index (χ1n) is 8.26. The van der Waals surface area contributed by atoms with Gasteiger partial charge in [-0.3, -0.25) is 4.68 Å². The summed E-state index contributed by atoms with van der Waals surface area (Å²) in [4.78, 5) is 8.15. The maximum Gasteiger partial charge on any atom is 0.268 e. The average molecular weight is 374 g/mol. The number of aryl methyl sites for hydroxylation is 1. The molecule has 3 aromatic rings. The van der Waals surface area contributed by atoms with Crippen molar-refractivity contribution >= 4 is 17.5 Å². The van der Waals surface area contributed by atoms with Crippen LogP contribution in [-0.2, 0) is 12.6 Å². The summed E-state index contributed by atoms with van der Waals surface area (Å²) in [5, 5.41) is 19.8. The van der Waals surface area contributed by atoms with Gasteiger partial charge in [0.15, 0.2) is 0 Å². The van der Waals surface area contributed by atoms with Crippen LogP contribution in [0.3, 0.4) is 0 Å². The molecule has 142 valence electrons. The van der Waals surface area contributed by atoms with Gasteiger partial charge in [-0.1, -0.05) is 30.3 Å². The standard InChI is InChI=1S/C18H20F2N6O/c1-18(11-27,12-6-4-3-5-7-12)25-16-14(15(19)20)9-21-17(24-16)23-13-8-22-26(2)10-13/h3-10,15,27H,11H2,1-2H3,(H2,21,23,24,25). The molecule has 1 atom stereocenters. The number of halogens is 2. The van der Waals surface area contributed by atoms with Gasteiger partial charge in [0, 0.05) is 19.4 Å². The first-order valence-corrected chi connectivity index (χ1v) is 8.26. The molecule has 9 heteroatoms. The molecule has 0 spiro atoms. The van der Waals surface area contributed by atoms with Crippen LogP contribution in [0.2, 0.25) is 0 Å². The minimum atomic E-state index is -2.77. The van der Waals surface area contributed by atoms with Crippen molar-refractivity contribution in [3.05, 3.63) is 60.0 Å². The molecule has 0 amide bonds. The molecular formula is C18H20F2N6O. The molecule has 27 heavy (non-hydrogen) atoms. The van der Waals surface area contributed by atoms with Crippen molar-refractivity contribution in [1.82, 2.24) is 19.7 Å². The Labute approximate surface area is 155 Å². The zero-order valence-corrected chi connectivity index (χ0v) is 14.9. The first kappa shape index (κ1) is 18.7. The van der Waals surface area contributed by atoms with E-state index >= 15 is 0 Å². The highest BCUT2D eigenvalue weighted by atomic mass is 19.3. The van der Waals surface area contributed by atoms with Gasteiger partial charge in [-0.15, -0.1) is 0 Å². The lowest BCUT2D eigenvalue weighted by atomic mass is 9.92. The van der Waals surface area contributed by atoms with Crippen molar-refractivity contribution in [3.8, 4) is 0 Å². The maximum absolute atomic E-state index is 13.5. The van der Waals surface area contributed by atoms with Crippen molar-refractivity contribution in [1.29, 1.82) is 0 Å². The minimum Gasteiger partial charge on any atom is -0.394 e. The Hall–Kier alpha value is -3.07. The molecule has 0 saturated heterocycles. The van der Waals surface area contributed by atoms with E-state index in [4.69, 9.17) is 0 Å². The largest absolute Gasteiger partial charge is 0.394 e. The van der Waals surface area contributed by atoms with Gasteiger partial charge >= 0.3 is 0 Å². The quantitative estimate of drug-likeness (QED) is 0.589. The fourth-order valence-corrected chi connectivity index (χ4v) is 2.60. The molecule has 0 aliphatic rings. The molecule has 3 rings (SSSR count). The Balaban J connectivity index is 1.95. The summed E-state index contributed by atoms with van der Waals surface area (Å²) in [6.07, 6.45) is 1.58. The molecule has 0 aliphatic heterocycles. The molecule has 2 heterocycles. The Kier molecular flexibility index (Phi) is 5.31. The highest BCUT2D eigenvalue weighted by Gasteiger charge is 2.29. The second-order valence-electron chi connectivity index (χ2n) is 6.31. The van der Waals surface area contributed by atoms with E-state index in [2.05, 4.69) is 25.7 Å². The first-order chi connectivity index (χ1) is 12.9. The van der Waals surface area contributed by atoms with Crippen molar-refractivity contribution in [2.45, 2.75) is 18.9 Å². The van der Waals surface area contributed by atoms with E-state index in [1.54, 1.807) is 43.2 Å².